The first-order chi connectivity index (χ1) is 7.51. The average molecular weight is 222 g/mol. The summed E-state index contributed by atoms with van der Waals surface area (Å²) in [7, 11) is 0. The topological polar surface area (TPSA) is 55.8 Å². The van der Waals surface area contributed by atoms with Gasteiger partial charge in [0.05, 0.1) is 0 Å². The summed E-state index contributed by atoms with van der Waals surface area (Å²) in [5.41, 5.74) is -1.52. The average Bonchev–Trinajstić information content (AvgIpc) is 2.28. The Kier molecular flexibility index (Phi) is 2.59. The molecule has 2 rings (SSSR count). The van der Waals surface area contributed by atoms with Crippen molar-refractivity contribution in [2.45, 2.75) is 25.6 Å². The molecule has 1 N–H and O–H groups in total. The van der Waals surface area contributed by atoms with Crippen LogP contribution in [0.25, 0.3) is 0 Å². The van der Waals surface area contributed by atoms with E-state index in [4.69, 9.17) is 9.47 Å². The number of benzene rings is 1. The fourth-order valence-electron chi connectivity index (χ4n) is 1.52. The van der Waals surface area contributed by atoms with Crippen molar-refractivity contribution in [3.05, 3.63) is 24.3 Å². The van der Waals surface area contributed by atoms with Gasteiger partial charge in [-0.05, 0) is 26.0 Å². The minimum Gasteiger partial charge on any atom is -0.486 e. The largest absolute Gasteiger partial charge is 0.486 e. The number of Topliss-reactive ketones (excluding diaryl/α,β-unsaturated/α-hetero) is 1. The molecule has 0 fully saturated rings. The molecular weight excluding hydrogens is 208 g/mol. The van der Waals surface area contributed by atoms with Crippen molar-refractivity contribution >= 4 is 5.78 Å². The molecule has 86 valence electrons. The fourth-order valence-corrected chi connectivity index (χ4v) is 1.52. The molecule has 1 aromatic carbocycles. The zero-order valence-electron chi connectivity index (χ0n) is 9.27. The molecule has 0 spiro atoms. The molecule has 0 saturated heterocycles. The van der Waals surface area contributed by atoms with Crippen LogP contribution in [-0.2, 0) is 4.79 Å². The van der Waals surface area contributed by atoms with Crippen molar-refractivity contribution < 1.29 is 19.4 Å². The van der Waals surface area contributed by atoms with Crippen LogP contribution in [0.15, 0.2) is 24.3 Å². The monoisotopic (exact) mass is 222 g/mol. The lowest BCUT2D eigenvalue weighted by Gasteiger charge is -2.34. The Hall–Kier alpha value is -1.55. The van der Waals surface area contributed by atoms with E-state index in [2.05, 4.69) is 0 Å². The van der Waals surface area contributed by atoms with Crippen molar-refractivity contribution in [3.63, 3.8) is 0 Å². The zero-order chi connectivity index (χ0) is 11.8. The SMILES string of the molecule is CC(=O)[C@@](C)(O)[C@@H]1COc2ccccc2O1. The number of para-hydroxylation sites is 2. The van der Waals surface area contributed by atoms with Crippen molar-refractivity contribution in [1.82, 2.24) is 0 Å². The molecule has 0 aromatic heterocycles. The number of ether oxygens (including phenoxy) is 2. The van der Waals surface area contributed by atoms with Crippen LogP contribution in [0.1, 0.15) is 13.8 Å². The quantitative estimate of drug-likeness (QED) is 0.816. The lowest BCUT2D eigenvalue weighted by atomic mass is 9.94. The second-order valence-electron chi connectivity index (χ2n) is 4.07. The molecule has 0 unspecified atom stereocenters. The van der Waals surface area contributed by atoms with E-state index in [1.54, 1.807) is 12.1 Å². The van der Waals surface area contributed by atoms with E-state index in [9.17, 15) is 9.90 Å². The minimum absolute atomic E-state index is 0.170. The summed E-state index contributed by atoms with van der Waals surface area (Å²) in [6.45, 7) is 2.95. The van der Waals surface area contributed by atoms with Crippen LogP contribution in [0.5, 0.6) is 11.5 Å². The summed E-state index contributed by atoms with van der Waals surface area (Å²) in [5, 5.41) is 9.99. The highest BCUT2D eigenvalue weighted by molar-refractivity contribution is 5.85. The molecule has 0 bridgehead atoms. The highest BCUT2D eigenvalue weighted by Crippen LogP contribution is 2.33. The summed E-state index contributed by atoms with van der Waals surface area (Å²) < 4.78 is 11.0. The molecule has 0 saturated carbocycles. The molecule has 0 aliphatic carbocycles. The number of hydrogen-bond acceptors (Lipinski definition) is 4. The Balaban J connectivity index is 2.23. The summed E-state index contributed by atoms with van der Waals surface area (Å²) in [6, 6.07) is 7.18. The van der Waals surface area contributed by atoms with Gasteiger partial charge in [-0.15, -0.1) is 0 Å². The molecule has 4 heteroatoms. The van der Waals surface area contributed by atoms with Gasteiger partial charge in [-0.25, -0.2) is 0 Å². The minimum atomic E-state index is -1.52. The smallest absolute Gasteiger partial charge is 0.168 e. The van der Waals surface area contributed by atoms with Crippen LogP contribution in [-0.4, -0.2) is 29.2 Å². The van der Waals surface area contributed by atoms with Crippen LogP contribution < -0.4 is 9.47 Å². The van der Waals surface area contributed by atoms with Crippen molar-refractivity contribution in [2.75, 3.05) is 6.61 Å². The Morgan fingerprint density at radius 3 is 2.69 bits per heavy atom. The first kappa shape index (κ1) is 11.0. The number of aliphatic hydroxyl groups is 1. The highest BCUT2D eigenvalue weighted by Gasteiger charge is 2.41. The van der Waals surface area contributed by atoms with Gasteiger partial charge in [0.1, 0.15) is 6.61 Å². The van der Waals surface area contributed by atoms with E-state index in [0.29, 0.717) is 11.5 Å². The van der Waals surface area contributed by atoms with E-state index >= 15 is 0 Å². The number of ketones is 1. The number of carbonyl (C=O) groups is 1. The second-order valence-corrected chi connectivity index (χ2v) is 4.07. The third-order valence-electron chi connectivity index (χ3n) is 2.85. The molecule has 2 atom stereocenters. The Labute approximate surface area is 93.8 Å². The van der Waals surface area contributed by atoms with Gasteiger partial charge in [-0.2, -0.15) is 0 Å². The maximum Gasteiger partial charge on any atom is 0.168 e. The lowest BCUT2D eigenvalue weighted by Crippen LogP contribution is -2.52. The van der Waals surface area contributed by atoms with Gasteiger partial charge >= 0.3 is 0 Å². The molecule has 0 radical (unpaired) electrons. The summed E-state index contributed by atoms with van der Waals surface area (Å²) >= 11 is 0. The number of fused-ring (bicyclic) bond motifs is 1. The first-order valence-electron chi connectivity index (χ1n) is 5.13. The summed E-state index contributed by atoms with van der Waals surface area (Å²) in [5.74, 6) is 0.860. The second kappa shape index (κ2) is 3.79. The fraction of sp³-hybridized carbons (Fsp3) is 0.417. The van der Waals surface area contributed by atoms with Gasteiger partial charge in [0.15, 0.2) is 29.0 Å². The van der Waals surface area contributed by atoms with Crippen LogP contribution >= 0.6 is 0 Å². The zero-order valence-corrected chi connectivity index (χ0v) is 9.27. The van der Waals surface area contributed by atoms with E-state index < -0.39 is 11.7 Å². The Morgan fingerprint density at radius 1 is 1.44 bits per heavy atom. The van der Waals surface area contributed by atoms with E-state index in [-0.39, 0.29) is 12.4 Å². The molecule has 1 aliphatic rings. The first-order valence-corrected chi connectivity index (χ1v) is 5.13. The maximum absolute atomic E-state index is 11.3. The van der Waals surface area contributed by atoms with Crippen molar-refractivity contribution in [1.29, 1.82) is 0 Å². The maximum atomic E-state index is 11.3. The van der Waals surface area contributed by atoms with Gasteiger partial charge in [0.25, 0.3) is 0 Å². The number of carbonyl (C=O) groups excluding carboxylic acids is 1. The molecule has 0 amide bonds. The molecule has 4 nitrogen and oxygen atoms in total. The van der Waals surface area contributed by atoms with Crippen molar-refractivity contribution in [2.24, 2.45) is 0 Å². The summed E-state index contributed by atoms with van der Waals surface area (Å²) in [6.07, 6.45) is -0.667. The van der Waals surface area contributed by atoms with Crippen molar-refractivity contribution in [3.8, 4) is 11.5 Å². The molecule has 1 aromatic rings. The Bertz CT molecular complexity index is 411. The molecular formula is C12H14O4. The lowest BCUT2D eigenvalue weighted by molar-refractivity contribution is -0.146. The van der Waals surface area contributed by atoms with E-state index in [1.165, 1.54) is 13.8 Å². The van der Waals surface area contributed by atoms with Crippen LogP contribution in [0.4, 0.5) is 0 Å². The summed E-state index contributed by atoms with van der Waals surface area (Å²) in [4.78, 5) is 11.3. The van der Waals surface area contributed by atoms with Crippen LogP contribution in [0.2, 0.25) is 0 Å². The van der Waals surface area contributed by atoms with Gasteiger partial charge in [0, 0.05) is 0 Å². The van der Waals surface area contributed by atoms with Crippen LogP contribution in [0.3, 0.4) is 0 Å². The van der Waals surface area contributed by atoms with Gasteiger partial charge in [-0.3, -0.25) is 4.79 Å². The van der Waals surface area contributed by atoms with E-state index in [1.807, 2.05) is 12.1 Å². The van der Waals surface area contributed by atoms with Gasteiger partial charge < -0.3 is 14.6 Å². The van der Waals surface area contributed by atoms with Gasteiger partial charge in [0.2, 0.25) is 0 Å². The highest BCUT2D eigenvalue weighted by atomic mass is 16.6. The predicted octanol–water partition coefficient (Wildman–Crippen LogP) is 1.17. The molecule has 16 heavy (non-hydrogen) atoms. The molecule has 1 aliphatic heterocycles. The standard InChI is InChI=1S/C12H14O4/c1-8(13)12(2,14)11-7-15-9-5-3-4-6-10(9)16-11/h3-6,11,14H,7H2,1-2H3/t11-,12+/m0/s1. The van der Waals surface area contributed by atoms with Crippen LogP contribution in [0, 0.1) is 0 Å². The third kappa shape index (κ3) is 1.76. The van der Waals surface area contributed by atoms with E-state index in [0.717, 1.165) is 0 Å². The molecule has 1 heterocycles. The third-order valence-corrected chi connectivity index (χ3v) is 2.85. The number of rotatable bonds is 2. The normalized spacial score (nSPS) is 22.3. The number of hydrogen-bond donors (Lipinski definition) is 1. The van der Waals surface area contributed by atoms with Gasteiger partial charge in [-0.1, -0.05) is 12.1 Å². The Morgan fingerprint density at radius 2 is 2.06 bits per heavy atom. The predicted molar refractivity (Wildman–Crippen MR) is 57.7 cm³/mol.